The molecule has 1 aliphatic heterocycles. The van der Waals surface area contributed by atoms with Crippen molar-refractivity contribution in [3.8, 4) is 0 Å². The number of nitrogens with zero attached hydrogens (tertiary/aromatic N) is 3. The molecule has 0 saturated carbocycles. The first-order chi connectivity index (χ1) is 6.50. The Balaban J connectivity index is 2.63. The van der Waals surface area contributed by atoms with E-state index in [2.05, 4.69) is 18.7 Å². The molecule has 1 atom stereocenters. The van der Waals surface area contributed by atoms with Gasteiger partial charge in [0.1, 0.15) is 0 Å². The number of hydrogen-bond acceptors (Lipinski definition) is 4. The molecule has 1 heterocycles. The van der Waals surface area contributed by atoms with Crippen LogP contribution < -0.4 is 0 Å². The summed E-state index contributed by atoms with van der Waals surface area (Å²) in [5, 5.41) is 10.8. The van der Waals surface area contributed by atoms with Crippen LogP contribution in [0.1, 0.15) is 13.8 Å². The van der Waals surface area contributed by atoms with Crippen molar-refractivity contribution in [2.75, 3.05) is 33.2 Å². The lowest BCUT2D eigenvalue weighted by atomic mass is 10.2. The lowest BCUT2D eigenvalue weighted by Crippen LogP contribution is -2.41. The normalized spacial score (nSPS) is 26.4. The van der Waals surface area contributed by atoms with Crippen LogP contribution in [-0.4, -0.2) is 60.0 Å². The summed E-state index contributed by atoms with van der Waals surface area (Å²) in [5.74, 6) is 0. The van der Waals surface area contributed by atoms with Gasteiger partial charge in [-0.3, -0.25) is 19.9 Å². The Labute approximate surface area is 84.8 Å². The van der Waals surface area contributed by atoms with E-state index in [1.165, 1.54) is 0 Å². The van der Waals surface area contributed by atoms with E-state index in [1.807, 2.05) is 11.9 Å². The first-order valence-corrected chi connectivity index (χ1v) is 5.06. The van der Waals surface area contributed by atoms with Gasteiger partial charge in [0.05, 0.1) is 13.1 Å². The van der Waals surface area contributed by atoms with Crippen LogP contribution in [0, 0.1) is 10.1 Å². The van der Waals surface area contributed by atoms with E-state index in [0.29, 0.717) is 19.1 Å². The molecule has 1 rings (SSSR count). The second-order valence-electron chi connectivity index (χ2n) is 4.29. The molecule has 0 radical (unpaired) electrons. The predicted molar refractivity (Wildman–Crippen MR) is 55.0 cm³/mol. The Morgan fingerprint density at radius 2 is 2.00 bits per heavy atom. The maximum Gasteiger partial charge on any atom is 0.238 e. The largest absolute Gasteiger partial charge is 0.299 e. The summed E-state index contributed by atoms with van der Waals surface area (Å²) in [6.45, 7) is 7.16. The van der Waals surface area contributed by atoms with Crippen LogP contribution in [0.3, 0.4) is 0 Å². The summed E-state index contributed by atoms with van der Waals surface area (Å²) >= 11 is 0. The van der Waals surface area contributed by atoms with E-state index in [-0.39, 0.29) is 4.92 Å². The standard InChI is InChI=1S/C9H19N3O2/c1-8(2)11-5-4-10(3)6-9(7-11)12(13)14/h8-9H,4-7H2,1-3H3. The van der Waals surface area contributed by atoms with Crippen LogP contribution in [0.5, 0.6) is 0 Å². The maximum atomic E-state index is 10.8. The molecule has 0 aromatic rings. The predicted octanol–water partition coefficient (Wildman–Crippen LogP) is 0.288. The average Bonchev–Trinajstić information content (AvgIpc) is 2.26. The fourth-order valence-electron chi connectivity index (χ4n) is 1.77. The van der Waals surface area contributed by atoms with Crippen molar-refractivity contribution in [3.63, 3.8) is 0 Å². The van der Waals surface area contributed by atoms with Gasteiger partial charge in [0.15, 0.2) is 0 Å². The lowest BCUT2D eigenvalue weighted by molar-refractivity contribution is -0.522. The van der Waals surface area contributed by atoms with E-state index in [0.717, 1.165) is 13.1 Å². The minimum absolute atomic E-state index is 0.156. The highest BCUT2D eigenvalue weighted by Crippen LogP contribution is 2.07. The lowest BCUT2D eigenvalue weighted by Gasteiger charge is -2.24. The zero-order valence-electron chi connectivity index (χ0n) is 9.14. The molecule has 0 amide bonds. The number of nitro groups is 1. The van der Waals surface area contributed by atoms with Crippen LogP contribution in [-0.2, 0) is 0 Å². The molecule has 0 aromatic heterocycles. The molecular weight excluding hydrogens is 182 g/mol. The molecule has 5 heteroatoms. The van der Waals surface area contributed by atoms with E-state index in [1.54, 1.807) is 0 Å². The smallest absolute Gasteiger partial charge is 0.238 e. The van der Waals surface area contributed by atoms with Gasteiger partial charge in [0.2, 0.25) is 6.04 Å². The van der Waals surface area contributed by atoms with Crippen LogP contribution in [0.2, 0.25) is 0 Å². The van der Waals surface area contributed by atoms with Crippen molar-refractivity contribution in [1.29, 1.82) is 0 Å². The Kier molecular flexibility index (Phi) is 3.83. The van der Waals surface area contributed by atoms with Gasteiger partial charge in [0.25, 0.3) is 0 Å². The average molecular weight is 201 g/mol. The van der Waals surface area contributed by atoms with Gasteiger partial charge in [-0.15, -0.1) is 0 Å². The summed E-state index contributed by atoms with van der Waals surface area (Å²) in [6, 6.07) is -0.0474. The molecular formula is C9H19N3O2. The number of likely N-dealkylation sites (N-methyl/N-ethyl adjacent to an activating group) is 1. The van der Waals surface area contributed by atoms with Crippen molar-refractivity contribution in [3.05, 3.63) is 10.1 Å². The van der Waals surface area contributed by atoms with Crippen molar-refractivity contribution >= 4 is 0 Å². The molecule has 14 heavy (non-hydrogen) atoms. The highest BCUT2D eigenvalue weighted by Gasteiger charge is 2.29. The zero-order valence-corrected chi connectivity index (χ0v) is 9.14. The summed E-state index contributed by atoms with van der Waals surface area (Å²) in [7, 11) is 1.94. The molecule has 0 spiro atoms. The Morgan fingerprint density at radius 1 is 1.36 bits per heavy atom. The van der Waals surface area contributed by atoms with E-state index < -0.39 is 6.04 Å². The molecule has 1 fully saturated rings. The van der Waals surface area contributed by atoms with Crippen LogP contribution >= 0.6 is 0 Å². The third-order valence-corrected chi connectivity index (χ3v) is 2.77. The Morgan fingerprint density at radius 3 is 2.50 bits per heavy atom. The number of rotatable bonds is 2. The zero-order chi connectivity index (χ0) is 10.7. The maximum absolute atomic E-state index is 10.8. The topological polar surface area (TPSA) is 49.6 Å². The molecule has 0 aromatic carbocycles. The summed E-state index contributed by atoms with van der Waals surface area (Å²) in [4.78, 5) is 14.8. The highest BCUT2D eigenvalue weighted by atomic mass is 16.6. The van der Waals surface area contributed by atoms with Gasteiger partial charge in [-0.1, -0.05) is 0 Å². The highest BCUT2D eigenvalue weighted by molar-refractivity contribution is 4.76. The molecule has 5 nitrogen and oxygen atoms in total. The molecule has 82 valence electrons. The fraction of sp³-hybridized carbons (Fsp3) is 1.00. The molecule has 0 bridgehead atoms. The van der Waals surface area contributed by atoms with Gasteiger partial charge in [-0.2, -0.15) is 0 Å². The van der Waals surface area contributed by atoms with Crippen molar-refractivity contribution in [2.45, 2.75) is 25.9 Å². The van der Waals surface area contributed by atoms with E-state index in [9.17, 15) is 10.1 Å². The van der Waals surface area contributed by atoms with Crippen molar-refractivity contribution < 1.29 is 4.92 Å². The molecule has 0 N–H and O–H groups in total. The fourth-order valence-corrected chi connectivity index (χ4v) is 1.77. The minimum atomic E-state index is -0.440. The quantitative estimate of drug-likeness (QED) is 0.476. The van der Waals surface area contributed by atoms with Crippen LogP contribution in [0.15, 0.2) is 0 Å². The molecule has 1 unspecified atom stereocenters. The second kappa shape index (κ2) is 4.70. The molecule has 1 saturated heterocycles. The number of hydrogen-bond donors (Lipinski definition) is 0. The molecule has 0 aliphatic carbocycles. The summed E-state index contributed by atoms with van der Waals surface area (Å²) in [6.07, 6.45) is 0. The van der Waals surface area contributed by atoms with Gasteiger partial charge in [0, 0.05) is 24.1 Å². The van der Waals surface area contributed by atoms with Crippen molar-refractivity contribution in [1.82, 2.24) is 9.80 Å². The van der Waals surface area contributed by atoms with E-state index >= 15 is 0 Å². The van der Waals surface area contributed by atoms with Gasteiger partial charge < -0.3 is 0 Å². The van der Waals surface area contributed by atoms with E-state index in [4.69, 9.17) is 0 Å². The first kappa shape index (κ1) is 11.4. The monoisotopic (exact) mass is 201 g/mol. The second-order valence-corrected chi connectivity index (χ2v) is 4.29. The Hall–Kier alpha value is -0.680. The van der Waals surface area contributed by atoms with Gasteiger partial charge in [-0.25, -0.2) is 0 Å². The van der Waals surface area contributed by atoms with Crippen molar-refractivity contribution in [2.24, 2.45) is 0 Å². The Bertz CT molecular complexity index is 208. The van der Waals surface area contributed by atoms with Gasteiger partial charge in [-0.05, 0) is 20.9 Å². The summed E-state index contributed by atoms with van der Waals surface area (Å²) in [5.41, 5.74) is 0. The summed E-state index contributed by atoms with van der Waals surface area (Å²) < 4.78 is 0. The van der Waals surface area contributed by atoms with Crippen LogP contribution in [0.4, 0.5) is 0 Å². The third kappa shape index (κ3) is 2.92. The SMILES string of the molecule is CC(C)N1CCN(C)CC([N+](=O)[O-])C1. The third-order valence-electron chi connectivity index (χ3n) is 2.77. The first-order valence-electron chi connectivity index (χ1n) is 5.06. The minimum Gasteiger partial charge on any atom is -0.299 e. The molecule has 1 aliphatic rings. The van der Waals surface area contributed by atoms with Gasteiger partial charge >= 0.3 is 0 Å². The van der Waals surface area contributed by atoms with Crippen LogP contribution in [0.25, 0.3) is 0 Å².